The summed E-state index contributed by atoms with van der Waals surface area (Å²) in [6.07, 6.45) is -7.44. The summed E-state index contributed by atoms with van der Waals surface area (Å²) in [6, 6.07) is 7.11. The van der Waals surface area contributed by atoms with Crippen molar-refractivity contribution in [3.63, 3.8) is 0 Å². The molecule has 1 rings (SSSR count). The van der Waals surface area contributed by atoms with Gasteiger partial charge < -0.3 is 9.84 Å². The summed E-state index contributed by atoms with van der Waals surface area (Å²) in [6.45, 7) is 4.37. The predicted octanol–water partition coefficient (Wildman–Crippen LogP) is 3.64. The number of aliphatic hydroxyl groups is 1. The van der Waals surface area contributed by atoms with Gasteiger partial charge in [-0.2, -0.15) is 13.2 Å². The third-order valence-corrected chi connectivity index (χ3v) is 3.05. The van der Waals surface area contributed by atoms with Gasteiger partial charge in [0.05, 0.1) is 6.10 Å². The van der Waals surface area contributed by atoms with Crippen molar-refractivity contribution in [1.82, 2.24) is 0 Å². The molecule has 0 heterocycles. The van der Waals surface area contributed by atoms with Crippen LogP contribution in [0, 0.1) is 0 Å². The minimum absolute atomic E-state index is 0.555. The molecule has 0 spiro atoms. The zero-order valence-electron chi connectivity index (χ0n) is 11.2. The van der Waals surface area contributed by atoms with Crippen LogP contribution in [0.1, 0.15) is 38.0 Å². The molecule has 3 atom stereocenters. The second-order valence-electron chi connectivity index (χ2n) is 4.57. The summed E-state index contributed by atoms with van der Waals surface area (Å²) in [5, 5.41) is 9.97. The first-order valence-electron chi connectivity index (χ1n) is 6.24. The van der Waals surface area contributed by atoms with E-state index in [0.717, 1.165) is 18.9 Å². The van der Waals surface area contributed by atoms with Gasteiger partial charge in [-0.05, 0) is 31.4 Å². The van der Waals surface area contributed by atoms with Gasteiger partial charge in [-0.3, -0.25) is 0 Å². The first-order chi connectivity index (χ1) is 8.75. The van der Waals surface area contributed by atoms with Crippen LogP contribution in [0.5, 0.6) is 0 Å². The number of rotatable bonds is 5. The molecule has 3 unspecified atom stereocenters. The molecule has 0 aliphatic carbocycles. The highest BCUT2D eigenvalue weighted by Gasteiger charge is 2.38. The second kappa shape index (κ2) is 6.39. The highest BCUT2D eigenvalue weighted by molar-refractivity contribution is 5.24. The van der Waals surface area contributed by atoms with Gasteiger partial charge in [-0.15, -0.1) is 0 Å². The van der Waals surface area contributed by atoms with E-state index in [4.69, 9.17) is 4.74 Å². The first-order valence-corrected chi connectivity index (χ1v) is 6.24. The van der Waals surface area contributed by atoms with E-state index in [1.165, 1.54) is 6.92 Å². The quantitative estimate of drug-likeness (QED) is 0.889. The fourth-order valence-electron chi connectivity index (χ4n) is 1.70. The van der Waals surface area contributed by atoms with Crippen molar-refractivity contribution in [2.75, 3.05) is 0 Å². The van der Waals surface area contributed by atoms with Gasteiger partial charge in [0.15, 0.2) is 6.10 Å². The number of aliphatic hydroxyl groups excluding tert-OH is 1. The fourth-order valence-corrected chi connectivity index (χ4v) is 1.70. The molecule has 0 aromatic heterocycles. The Morgan fingerprint density at radius 2 is 1.68 bits per heavy atom. The van der Waals surface area contributed by atoms with E-state index in [0.29, 0.717) is 5.56 Å². The van der Waals surface area contributed by atoms with Crippen molar-refractivity contribution < 1.29 is 23.0 Å². The molecule has 0 fully saturated rings. The normalized spacial score (nSPS) is 17.0. The predicted molar refractivity (Wildman–Crippen MR) is 66.8 cm³/mol. The van der Waals surface area contributed by atoms with Gasteiger partial charge in [-0.1, -0.05) is 31.2 Å². The van der Waals surface area contributed by atoms with Crippen LogP contribution in [0.4, 0.5) is 13.2 Å². The number of ether oxygens (including phenoxy) is 1. The molecule has 5 heteroatoms. The van der Waals surface area contributed by atoms with E-state index >= 15 is 0 Å². The molecule has 1 N–H and O–H groups in total. The molecule has 2 nitrogen and oxygen atoms in total. The Morgan fingerprint density at radius 3 is 2.11 bits per heavy atom. The fraction of sp³-hybridized carbons (Fsp3) is 0.571. The third-order valence-electron chi connectivity index (χ3n) is 3.05. The van der Waals surface area contributed by atoms with Crippen LogP contribution in [-0.2, 0) is 11.2 Å². The number of aryl methyl sites for hydroxylation is 1. The molecule has 1 aromatic carbocycles. The molecule has 0 saturated heterocycles. The van der Waals surface area contributed by atoms with E-state index in [1.54, 1.807) is 12.1 Å². The van der Waals surface area contributed by atoms with Gasteiger partial charge >= 0.3 is 6.18 Å². The largest absolute Gasteiger partial charge is 0.414 e. The summed E-state index contributed by atoms with van der Waals surface area (Å²) in [5.41, 5.74) is 1.66. The molecular weight excluding hydrogens is 257 g/mol. The number of benzene rings is 1. The molecule has 0 aliphatic rings. The van der Waals surface area contributed by atoms with Crippen LogP contribution in [0.25, 0.3) is 0 Å². The smallest absolute Gasteiger partial charge is 0.386 e. The maximum atomic E-state index is 12.4. The lowest BCUT2D eigenvalue weighted by Gasteiger charge is -2.25. The monoisotopic (exact) mass is 276 g/mol. The average molecular weight is 276 g/mol. The summed E-state index contributed by atoms with van der Waals surface area (Å²) in [4.78, 5) is 0. The summed E-state index contributed by atoms with van der Waals surface area (Å²) >= 11 is 0. The van der Waals surface area contributed by atoms with Crippen LogP contribution in [0.2, 0.25) is 0 Å². The molecule has 19 heavy (non-hydrogen) atoms. The molecule has 0 saturated carbocycles. The zero-order valence-corrected chi connectivity index (χ0v) is 11.2. The number of alkyl halides is 3. The third kappa shape index (κ3) is 4.51. The van der Waals surface area contributed by atoms with E-state index < -0.39 is 24.5 Å². The summed E-state index contributed by atoms with van der Waals surface area (Å²) in [7, 11) is 0. The molecule has 0 bridgehead atoms. The highest BCUT2D eigenvalue weighted by Crippen LogP contribution is 2.27. The van der Waals surface area contributed by atoms with Gasteiger partial charge in [-0.25, -0.2) is 0 Å². The van der Waals surface area contributed by atoms with Crippen LogP contribution in [0.15, 0.2) is 24.3 Å². The minimum Gasteiger partial charge on any atom is -0.386 e. The Morgan fingerprint density at radius 1 is 1.16 bits per heavy atom. The van der Waals surface area contributed by atoms with Crippen molar-refractivity contribution in [1.29, 1.82) is 0 Å². The highest BCUT2D eigenvalue weighted by atomic mass is 19.4. The Hall–Kier alpha value is -1.07. The first kappa shape index (κ1) is 16.0. The Kier molecular flexibility index (Phi) is 5.38. The molecule has 0 radical (unpaired) electrons. The van der Waals surface area contributed by atoms with Crippen LogP contribution < -0.4 is 0 Å². The zero-order chi connectivity index (χ0) is 14.6. The lowest BCUT2D eigenvalue weighted by Crippen LogP contribution is -2.34. The van der Waals surface area contributed by atoms with E-state index in [2.05, 4.69) is 0 Å². The summed E-state index contributed by atoms with van der Waals surface area (Å²) in [5.74, 6) is 0. The van der Waals surface area contributed by atoms with Crippen molar-refractivity contribution in [3.05, 3.63) is 35.4 Å². The van der Waals surface area contributed by atoms with E-state index in [9.17, 15) is 18.3 Å². The second-order valence-corrected chi connectivity index (χ2v) is 4.57. The van der Waals surface area contributed by atoms with Gasteiger partial charge in [0.2, 0.25) is 0 Å². The Balaban J connectivity index is 2.68. The van der Waals surface area contributed by atoms with Gasteiger partial charge in [0.1, 0.15) is 6.10 Å². The maximum absolute atomic E-state index is 12.4. The lowest BCUT2D eigenvalue weighted by atomic mass is 10.0. The van der Waals surface area contributed by atoms with Crippen molar-refractivity contribution >= 4 is 0 Å². The molecule has 0 aliphatic heterocycles. The van der Waals surface area contributed by atoms with Crippen molar-refractivity contribution in [3.8, 4) is 0 Å². The standard InChI is InChI=1S/C14H19F3O2/c1-4-11-5-7-12(8-6-11)13(18)9(2)19-10(3)14(15,16)17/h5-10,13,18H,4H2,1-3H3. The number of halogens is 3. The van der Waals surface area contributed by atoms with Gasteiger partial charge in [0.25, 0.3) is 0 Å². The Bertz CT molecular complexity index is 387. The SMILES string of the molecule is CCc1ccc(C(O)C(C)OC(C)C(F)(F)F)cc1. The van der Waals surface area contributed by atoms with Crippen molar-refractivity contribution in [2.45, 2.75) is 51.7 Å². The van der Waals surface area contributed by atoms with E-state index in [1.807, 2.05) is 19.1 Å². The van der Waals surface area contributed by atoms with Crippen molar-refractivity contribution in [2.24, 2.45) is 0 Å². The lowest BCUT2D eigenvalue weighted by molar-refractivity contribution is -0.233. The van der Waals surface area contributed by atoms with E-state index in [-0.39, 0.29) is 0 Å². The topological polar surface area (TPSA) is 29.5 Å². The minimum atomic E-state index is -4.42. The van der Waals surface area contributed by atoms with Crippen LogP contribution in [-0.4, -0.2) is 23.5 Å². The summed E-state index contributed by atoms with van der Waals surface area (Å²) < 4.78 is 41.9. The number of hydrogen-bond acceptors (Lipinski definition) is 2. The number of hydrogen-bond donors (Lipinski definition) is 1. The van der Waals surface area contributed by atoms with Gasteiger partial charge in [0, 0.05) is 0 Å². The molecule has 1 aromatic rings. The average Bonchev–Trinajstić information content (AvgIpc) is 2.36. The Labute approximate surface area is 111 Å². The maximum Gasteiger partial charge on any atom is 0.414 e. The molecular formula is C14H19F3O2. The molecule has 108 valence electrons. The van der Waals surface area contributed by atoms with Crippen LogP contribution >= 0.6 is 0 Å². The molecule has 0 amide bonds. The van der Waals surface area contributed by atoms with Crippen LogP contribution in [0.3, 0.4) is 0 Å².